The molecule has 25 heavy (non-hydrogen) atoms. The fraction of sp³-hybridized carbons (Fsp3) is 0.211. The maximum Gasteiger partial charge on any atom is 0.302 e. The summed E-state index contributed by atoms with van der Waals surface area (Å²) in [5, 5.41) is 18.6. The molecule has 1 N–H and O–H groups in total. The summed E-state index contributed by atoms with van der Waals surface area (Å²) in [5.41, 5.74) is 3.07. The summed E-state index contributed by atoms with van der Waals surface area (Å²) in [5.74, 6) is 0.0824. The van der Waals surface area contributed by atoms with E-state index in [1.807, 2.05) is 50.2 Å². The lowest BCUT2D eigenvalue weighted by atomic mass is 10.1. The van der Waals surface area contributed by atoms with Gasteiger partial charge in [0.1, 0.15) is 5.75 Å². The molecule has 6 heteroatoms. The number of hydrogen-bond acceptors (Lipinski definition) is 4. The third kappa shape index (κ3) is 3.38. The molecule has 0 bridgehead atoms. The van der Waals surface area contributed by atoms with Crippen LogP contribution >= 0.6 is 0 Å². The highest BCUT2D eigenvalue weighted by Crippen LogP contribution is 2.38. The molecular weight excluding hydrogens is 318 g/mol. The molecule has 0 saturated carbocycles. The molecule has 1 amide bonds. The predicted molar refractivity (Wildman–Crippen MR) is 95.5 cm³/mol. The average Bonchev–Trinajstić information content (AvgIpc) is 2.83. The maximum absolute atomic E-state index is 11.9. The second-order valence-corrected chi connectivity index (χ2v) is 5.90. The third-order valence-electron chi connectivity index (χ3n) is 4.00. The van der Waals surface area contributed by atoms with Gasteiger partial charge in [-0.2, -0.15) is 0 Å². The van der Waals surface area contributed by atoms with Crippen molar-refractivity contribution < 1.29 is 14.6 Å². The van der Waals surface area contributed by atoms with Gasteiger partial charge in [0.05, 0.1) is 5.52 Å². The Hall–Kier alpha value is -3.15. The second kappa shape index (κ2) is 6.76. The van der Waals surface area contributed by atoms with Crippen LogP contribution in [0.15, 0.2) is 52.7 Å². The van der Waals surface area contributed by atoms with Crippen molar-refractivity contribution in [3.05, 3.63) is 53.6 Å². The molecule has 2 aromatic carbocycles. The van der Waals surface area contributed by atoms with Crippen LogP contribution in [-0.2, 0) is 11.8 Å². The fourth-order valence-electron chi connectivity index (χ4n) is 2.62. The normalized spacial score (nSPS) is 11.3. The molecule has 6 nitrogen and oxygen atoms in total. The zero-order valence-electron chi connectivity index (χ0n) is 14.4. The van der Waals surface area contributed by atoms with Gasteiger partial charge in [0.25, 0.3) is 0 Å². The Bertz CT molecular complexity index is 973. The zero-order chi connectivity index (χ0) is 18.0. The van der Waals surface area contributed by atoms with E-state index in [2.05, 4.69) is 10.2 Å². The van der Waals surface area contributed by atoms with E-state index in [1.165, 1.54) is 0 Å². The minimum absolute atomic E-state index is 0.0306. The highest BCUT2D eigenvalue weighted by molar-refractivity contribution is 5.95. The van der Waals surface area contributed by atoms with E-state index in [-0.39, 0.29) is 18.2 Å². The molecule has 0 saturated heterocycles. The molecule has 128 valence electrons. The number of ether oxygens (including phenoxy) is 1. The van der Waals surface area contributed by atoms with Crippen LogP contribution in [0, 0.1) is 13.8 Å². The van der Waals surface area contributed by atoms with Crippen LogP contribution in [0.1, 0.15) is 11.1 Å². The molecule has 0 aliphatic rings. The van der Waals surface area contributed by atoms with E-state index >= 15 is 0 Å². The molecule has 0 fully saturated rings. The number of amides is 1. The number of carbonyl (C=O) groups is 1. The number of nitrogens with zero attached hydrogens (tertiary/aromatic N) is 3. The summed E-state index contributed by atoms with van der Waals surface area (Å²) in [6, 6.07) is 13.2. The van der Waals surface area contributed by atoms with Crippen molar-refractivity contribution in [1.82, 2.24) is 4.57 Å². The maximum atomic E-state index is 11.9. The monoisotopic (exact) mass is 337 g/mol. The van der Waals surface area contributed by atoms with Gasteiger partial charge >= 0.3 is 5.91 Å². The van der Waals surface area contributed by atoms with Gasteiger partial charge in [-0.3, -0.25) is 4.79 Å². The lowest BCUT2D eigenvalue weighted by molar-refractivity contribution is -0.120. The van der Waals surface area contributed by atoms with Crippen LogP contribution in [0.25, 0.3) is 10.9 Å². The minimum atomic E-state index is -0.521. The van der Waals surface area contributed by atoms with Crippen molar-refractivity contribution >= 4 is 22.5 Å². The number of carbonyl (C=O) groups excluding carboxylic acids is 1. The number of aromatic nitrogens is 1. The van der Waals surface area contributed by atoms with Gasteiger partial charge in [0.15, 0.2) is 12.3 Å². The Morgan fingerprint density at radius 2 is 1.96 bits per heavy atom. The van der Waals surface area contributed by atoms with Crippen LogP contribution in [0.5, 0.6) is 11.6 Å². The van der Waals surface area contributed by atoms with Gasteiger partial charge in [0, 0.05) is 12.4 Å². The molecule has 0 unspecified atom stereocenters. The molecule has 0 radical (unpaired) electrons. The molecule has 3 rings (SSSR count). The Morgan fingerprint density at radius 1 is 1.20 bits per heavy atom. The Labute approximate surface area is 145 Å². The van der Waals surface area contributed by atoms with Crippen LogP contribution in [0.3, 0.4) is 0 Å². The number of azo groups is 1. The zero-order valence-corrected chi connectivity index (χ0v) is 14.4. The first kappa shape index (κ1) is 16.7. The molecule has 0 aliphatic carbocycles. The number of fused-ring (bicyclic) bond motifs is 1. The SMILES string of the molecule is Cc1ccc2c(c1)c(N=NC(=O)COc1ccccc1C)c(O)n2C. The smallest absolute Gasteiger partial charge is 0.302 e. The number of rotatable bonds is 4. The van der Waals surface area contributed by atoms with Gasteiger partial charge in [-0.25, -0.2) is 0 Å². The van der Waals surface area contributed by atoms with Crippen molar-refractivity contribution in [2.24, 2.45) is 17.3 Å². The number of aryl methyl sites for hydroxylation is 3. The summed E-state index contributed by atoms with van der Waals surface area (Å²) < 4.78 is 7.07. The second-order valence-electron chi connectivity index (χ2n) is 5.90. The van der Waals surface area contributed by atoms with Gasteiger partial charge in [-0.15, -0.1) is 10.2 Å². The Morgan fingerprint density at radius 3 is 2.72 bits per heavy atom. The Kier molecular flexibility index (Phi) is 4.52. The number of para-hydroxylation sites is 1. The van der Waals surface area contributed by atoms with E-state index in [0.29, 0.717) is 5.75 Å². The van der Waals surface area contributed by atoms with Crippen LogP contribution in [0.2, 0.25) is 0 Å². The van der Waals surface area contributed by atoms with E-state index in [1.54, 1.807) is 17.7 Å². The first-order chi connectivity index (χ1) is 12.0. The molecule has 0 aliphatic heterocycles. The van der Waals surface area contributed by atoms with Crippen molar-refractivity contribution in [2.75, 3.05) is 6.61 Å². The van der Waals surface area contributed by atoms with Gasteiger partial charge in [0.2, 0.25) is 5.88 Å². The minimum Gasteiger partial charge on any atom is -0.493 e. The molecule has 0 atom stereocenters. The lowest BCUT2D eigenvalue weighted by Gasteiger charge is -2.05. The highest BCUT2D eigenvalue weighted by atomic mass is 16.5. The number of hydrogen-bond donors (Lipinski definition) is 1. The van der Waals surface area contributed by atoms with Crippen LogP contribution in [0.4, 0.5) is 5.69 Å². The van der Waals surface area contributed by atoms with Gasteiger partial charge in [-0.05, 0) is 37.6 Å². The van der Waals surface area contributed by atoms with Crippen LogP contribution in [-0.4, -0.2) is 22.2 Å². The van der Waals surface area contributed by atoms with Crippen molar-refractivity contribution in [1.29, 1.82) is 0 Å². The van der Waals surface area contributed by atoms with Gasteiger partial charge in [-0.1, -0.05) is 29.8 Å². The quantitative estimate of drug-likeness (QED) is 0.725. The fourth-order valence-corrected chi connectivity index (χ4v) is 2.62. The molecule has 1 heterocycles. The van der Waals surface area contributed by atoms with E-state index < -0.39 is 5.91 Å². The first-order valence-corrected chi connectivity index (χ1v) is 7.88. The topological polar surface area (TPSA) is 76.2 Å². The largest absolute Gasteiger partial charge is 0.493 e. The van der Waals surface area contributed by atoms with Gasteiger partial charge < -0.3 is 14.4 Å². The predicted octanol–water partition coefficient (Wildman–Crippen LogP) is 4.19. The van der Waals surface area contributed by atoms with Crippen molar-refractivity contribution in [3.63, 3.8) is 0 Å². The van der Waals surface area contributed by atoms with E-state index in [4.69, 9.17) is 4.74 Å². The molecule has 1 aromatic heterocycles. The first-order valence-electron chi connectivity index (χ1n) is 7.88. The lowest BCUT2D eigenvalue weighted by Crippen LogP contribution is -2.08. The summed E-state index contributed by atoms with van der Waals surface area (Å²) in [6.07, 6.45) is 0. The highest BCUT2D eigenvalue weighted by Gasteiger charge is 2.15. The summed E-state index contributed by atoms with van der Waals surface area (Å²) in [7, 11) is 1.73. The molecule has 3 aromatic rings. The standard InChI is InChI=1S/C19H19N3O3/c1-12-8-9-15-14(10-12)18(19(24)22(15)3)21-20-17(23)11-25-16-7-5-4-6-13(16)2/h4-10,24H,11H2,1-3H3. The summed E-state index contributed by atoms with van der Waals surface area (Å²) >= 11 is 0. The van der Waals surface area contributed by atoms with Crippen molar-refractivity contribution in [2.45, 2.75) is 13.8 Å². The van der Waals surface area contributed by atoms with E-state index in [0.717, 1.165) is 22.0 Å². The Balaban J connectivity index is 1.79. The summed E-state index contributed by atoms with van der Waals surface area (Å²) in [4.78, 5) is 11.9. The molecular formula is C19H19N3O3. The molecule has 0 spiro atoms. The van der Waals surface area contributed by atoms with Crippen molar-refractivity contribution in [3.8, 4) is 11.6 Å². The summed E-state index contributed by atoms with van der Waals surface area (Å²) in [6.45, 7) is 3.64. The number of aromatic hydroxyl groups is 1. The van der Waals surface area contributed by atoms with E-state index in [9.17, 15) is 9.90 Å². The average molecular weight is 337 g/mol. The third-order valence-corrected chi connectivity index (χ3v) is 4.00. The number of benzene rings is 2. The van der Waals surface area contributed by atoms with Crippen LogP contribution < -0.4 is 4.74 Å².